The highest BCUT2D eigenvalue weighted by Gasteiger charge is 2.40. The third kappa shape index (κ3) is 9.83. The Morgan fingerprint density at radius 1 is 0.808 bits per heavy atom. The van der Waals surface area contributed by atoms with Gasteiger partial charge in [0.15, 0.2) is 0 Å². The Morgan fingerprint density at radius 2 is 1.31 bits per heavy atom. The van der Waals surface area contributed by atoms with Crippen molar-refractivity contribution in [2.75, 3.05) is 19.8 Å². The van der Waals surface area contributed by atoms with Crippen molar-refractivity contribution >= 4 is 31.4 Å². The fourth-order valence-corrected chi connectivity index (χ4v) is 5.74. The van der Waals surface area contributed by atoms with Gasteiger partial charge in [-0.2, -0.15) is 0 Å². The number of aryl methyl sites for hydroxylation is 1. The molecule has 0 aliphatic heterocycles. The Labute approximate surface area is 175 Å². The topological polar surface area (TPSA) is 27.7 Å². The molecule has 0 aliphatic rings. The van der Waals surface area contributed by atoms with Gasteiger partial charge < -0.3 is 13.3 Å². The lowest BCUT2D eigenvalue weighted by molar-refractivity contribution is 0.0564. The van der Waals surface area contributed by atoms with Gasteiger partial charge in [0.25, 0.3) is 0 Å². The zero-order chi connectivity index (χ0) is 19.1. The Kier molecular flexibility index (Phi) is 13.9. The molecule has 0 unspecified atom stereocenters. The summed E-state index contributed by atoms with van der Waals surface area (Å²) in [5.41, 5.74) is 2.73. The van der Waals surface area contributed by atoms with Crippen LogP contribution in [0.2, 0.25) is 6.04 Å². The second-order valence-electron chi connectivity index (χ2n) is 6.74. The minimum atomic E-state index is -2.62. The number of hydrogen-bond donors (Lipinski definition) is 0. The summed E-state index contributed by atoms with van der Waals surface area (Å²) in [6, 6.07) is 9.72. The van der Waals surface area contributed by atoms with Crippen LogP contribution in [-0.2, 0) is 24.1 Å². The summed E-state index contributed by atoms with van der Waals surface area (Å²) < 4.78 is 20.0. The van der Waals surface area contributed by atoms with E-state index in [4.69, 9.17) is 13.3 Å². The van der Waals surface area contributed by atoms with E-state index in [1.807, 2.05) is 0 Å². The number of rotatable bonds is 16. The first kappa shape index (κ1) is 24.1. The van der Waals surface area contributed by atoms with Crippen LogP contribution in [0.25, 0.3) is 0 Å². The van der Waals surface area contributed by atoms with Crippen LogP contribution < -0.4 is 0 Å². The normalized spacial score (nSPS) is 11.8. The molecule has 0 aliphatic carbocycles. The highest BCUT2D eigenvalue weighted by Crippen LogP contribution is 2.22. The van der Waals surface area contributed by atoms with Crippen molar-refractivity contribution in [3.05, 3.63) is 35.4 Å². The van der Waals surface area contributed by atoms with Crippen LogP contribution >= 0.6 is 22.6 Å². The lowest BCUT2D eigenvalue weighted by Gasteiger charge is -2.30. The molecule has 0 aromatic heterocycles. The van der Waals surface area contributed by atoms with Crippen molar-refractivity contribution in [1.82, 2.24) is 0 Å². The molecule has 0 saturated carbocycles. The first-order chi connectivity index (χ1) is 12.7. The quantitative estimate of drug-likeness (QED) is 0.113. The van der Waals surface area contributed by atoms with Gasteiger partial charge in [0.2, 0.25) is 0 Å². The largest absolute Gasteiger partial charge is 0.501 e. The molecule has 0 saturated heterocycles. The molecule has 0 radical (unpaired) electrons. The number of halogens is 1. The predicted octanol–water partition coefficient (Wildman–Crippen LogP) is 6.55. The van der Waals surface area contributed by atoms with Gasteiger partial charge in [0.1, 0.15) is 0 Å². The van der Waals surface area contributed by atoms with E-state index in [9.17, 15) is 0 Å². The number of unbranched alkanes of at least 4 members (excludes halogenated alkanes) is 3. The van der Waals surface area contributed by atoms with Crippen molar-refractivity contribution in [3.8, 4) is 0 Å². The Morgan fingerprint density at radius 3 is 1.77 bits per heavy atom. The zero-order valence-corrected chi connectivity index (χ0v) is 20.1. The highest BCUT2D eigenvalue weighted by molar-refractivity contribution is 14.1. The molecular formula is C21H37IO3Si. The minimum Gasteiger partial charge on any atom is -0.373 e. The summed E-state index contributed by atoms with van der Waals surface area (Å²) in [7, 11) is -2.62. The Bertz CT molecular complexity index is 444. The molecule has 150 valence electrons. The molecule has 0 N–H and O–H groups in total. The Hall–Kier alpha value is 0.0469. The molecule has 1 aromatic rings. The van der Waals surface area contributed by atoms with Gasteiger partial charge in [-0.05, 0) is 36.8 Å². The molecule has 0 heterocycles. The maximum Gasteiger partial charge on any atom is 0.501 e. The van der Waals surface area contributed by atoms with Gasteiger partial charge >= 0.3 is 8.80 Å². The summed E-state index contributed by atoms with van der Waals surface area (Å²) in [6.45, 7) is 8.81. The van der Waals surface area contributed by atoms with E-state index in [-0.39, 0.29) is 0 Å². The molecule has 0 amide bonds. The third-order valence-electron chi connectivity index (χ3n) is 4.33. The van der Waals surface area contributed by atoms with Gasteiger partial charge in [-0.25, -0.2) is 0 Å². The summed E-state index contributed by atoms with van der Waals surface area (Å²) in [6.07, 6.45) is 7.54. The van der Waals surface area contributed by atoms with Crippen molar-refractivity contribution < 1.29 is 13.3 Å². The van der Waals surface area contributed by atoms with E-state index >= 15 is 0 Å². The molecule has 0 fully saturated rings. The van der Waals surface area contributed by atoms with E-state index in [0.29, 0.717) is 0 Å². The predicted molar refractivity (Wildman–Crippen MR) is 121 cm³/mol. The van der Waals surface area contributed by atoms with Gasteiger partial charge in [0, 0.05) is 30.3 Å². The van der Waals surface area contributed by atoms with Crippen LogP contribution in [0.3, 0.4) is 0 Å². The monoisotopic (exact) mass is 492 g/mol. The van der Waals surface area contributed by atoms with Gasteiger partial charge in [0.05, 0.1) is 0 Å². The van der Waals surface area contributed by atoms with Crippen LogP contribution in [-0.4, -0.2) is 28.6 Å². The zero-order valence-electron chi connectivity index (χ0n) is 16.9. The third-order valence-corrected chi connectivity index (χ3v) is 8.00. The lowest BCUT2D eigenvalue weighted by atomic mass is 10.1. The molecule has 3 nitrogen and oxygen atoms in total. The smallest absolute Gasteiger partial charge is 0.373 e. The number of hydrogen-bond acceptors (Lipinski definition) is 3. The fraction of sp³-hybridized carbons (Fsp3) is 0.714. The van der Waals surface area contributed by atoms with E-state index in [2.05, 4.69) is 67.6 Å². The molecule has 0 bridgehead atoms. The second kappa shape index (κ2) is 15.0. The van der Waals surface area contributed by atoms with Gasteiger partial charge in [-0.15, -0.1) is 0 Å². The van der Waals surface area contributed by atoms with Crippen molar-refractivity contribution in [1.29, 1.82) is 0 Å². The SMILES string of the molecule is CCCCO[Si](CCc1cccc(CI)c1)(OCCCC)OCCCC. The van der Waals surface area contributed by atoms with Gasteiger partial charge in [-0.3, -0.25) is 0 Å². The highest BCUT2D eigenvalue weighted by atomic mass is 127. The van der Waals surface area contributed by atoms with Crippen molar-refractivity contribution in [2.24, 2.45) is 0 Å². The maximum absolute atomic E-state index is 6.33. The standard InChI is InChI=1S/C21H37IO3Si/c1-4-7-14-23-26(24-15-8-5-2,25-16-9-6-3)17-13-20-11-10-12-21(18-20)19-22/h10-12,18H,4-9,13-17,19H2,1-3H3. The number of benzene rings is 1. The molecule has 26 heavy (non-hydrogen) atoms. The van der Waals surface area contributed by atoms with E-state index in [0.717, 1.165) is 75.2 Å². The van der Waals surface area contributed by atoms with E-state index in [1.165, 1.54) is 11.1 Å². The van der Waals surface area contributed by atoms with Crippen LogP contribution in [0, 0.1) is 0 Å². The lowest BCUT2D eigenvalue weighted by Crippen LogP contribution is -2.47. The fourth-order valence-electron chi connectivity index (χ4n) is 2.62. The summed E-state index contributed by atoms with van der Waals surface area (Å²) in [4.78, 5) is 0. The van der Waals surface area contributed by atoms with E-state index < -0.39 is 8.80 Å². The molecule has 1 rings (SSSR count). The molecule has 5 heteroatoms. The maximum atomic E-state index is 6.33. The first-order valence-electron chi connectivity index (χ1n) is 10.2. The molecule has 0 atom stereocenters. The summed E-state index contributed by atoms with van der Waals surface area (Å²) in [5.74, 6) is 0. The Balaban J connectivity index is 2.80. The second-order valence-corrected chi connectivity index (χ2v) is 10.2. The average molecular weight is 493 g/mol. The van der Waals surface area contributed by atoms with Crippen LogP contribution in [0.1, 0.15) is 70.4 Å². The summed E-state index contributed by atoms with van der Waals surface area (Å²) in [5, 5.41) is 0. The van der Waals surface area contributed by atoms with E-state index in [1.54, 1.807) is 0 Å². The molecule has 1 aromatic carbocycles. The van der Waals surface area contributed by atoms with Crippen molar-refractivity contribution in [2.45, 2.75) is 76.2 Å². The van der Waals surface area contributed by atoms with Crippen LogP contribution in [0.15, 0.2) is 24.3 Å². The average Bonchev–Trinajstić information content (AvgIpc) is 2.67. The number of alkyl halides is 1. The first-order valence-corrected chi connectivity index (χ1v) is 13.7. The minimum absolute atomic E-state index is 0.745. The van der Waals surface area contributed by atoms with Crippen LogP contribution in [0.4, 0.5) is 0 Å². The van der Waals surface area contributed by atoms with Gasteiger partial charge in [-0.1, -0.05) is 86.9 Å². The molecular weight excluding hydrogens is 455 g/mol. The summed E-state index contributed by atoms with van der Waals surface area (Å²) >= 11 is 2.42. The van der Waals surface area contributed by atoms with Crippen molar-refractivity contribution in [3.63, 3.8) is 0 Å². The molecule has 0 spiro atoms. The van der Waals surface area contributed by atoms with Crippen LogP contribution in [0.5, 0.6) is 0 Å².